The van der Waals surface area contributed by atoms with Gasteiger partial charge in [-0.1, -0.05) is 18.2 Å². The van der Waals surface area contributed by atoms with Crippen LogP contribution in [0.1, 0.15) is 18.2 Å². The molecule has 6 nitrogen and oxygen atoms in total. The summed E-state index contributed by atoms with van der Waals surface area (Å²) in [7, 11) is 0. The lowest BCUT2D eigenvalue weighted by atomic mass is 10.0. The van der Waals surface area contributed by atoms with Crippen LogP contribution >= 0.6 is 0 Å². The molecule has 3 heterocycles. The van der Waals surface area contributed by atoms with Crippen molar-refractivity contribution in [3.8, 4) is 17.1 Å². The summed E-state index contributed by atoms with van der Waals surface area (Å²) in [5.41, 5.74) is 10.6. The van der Waals surface area contributed by atoms with E-state index in [2.05, 4.69) is 4.98 Å². The van der Waals surface area contributed by atoms with E-state index in [0.29, 0.717) is 18.8 Å². The smallest absolute Gasteiger partial charge is 0.219 e. The predicted molar refractivity (Wildman–Crippen MR) is 96.0 cm³/mol. The number of benzene rings is 1. The normalized spacial score (nSPS) is 13.6. The first-order valence-electron chi connectivity index (χ1n) is 8.27. The van der Waals surface area contributed by atoms with Gasteiger partial charge in [-0.25, -0.2) is 9.67 Å². The maximum absolute atomic E-state index is 11.8. The van der Waals surface area contributed by atoms with Gasteiger partial charge in [0.1, 0.15) is 0 Å². The molecule has 2 aromatic heterocycles. The minimum atomic E-state index is 0.0829. The van der Waals surface area contributed by atoms with Crippen molar-refractivity contribution >= 4 is 11.6 Å². The lowest BCUT2D eigenvalue weighted by Crippen LogP contribution is -2.34. The number of anilines is 1. The van der Waals surface area contributed by atoms with E-state index in [0.717, 1.165) is 34.8 Å². The molecule has 0 atom stereocenters. The molecule has 0 spiro atoms. The van der Waals surface area contributed by atoms with Crippen molar-refractivity contribution in [2.75, 3.05) is 12.3 Å². The maximum Gasteiger partial charge on any atom is 0.219 e. The highest BCUT2D eigenvalue weighted by molar-refractivity contribution is 5.75. The molecule has 3 aromatic rings. The second kappa shape index (κ2) is 6.05. The number of carbonyl (C=O) groups excluding carboxylic acids is 1. The van der Waals surface area contributed by atoms with Crippen molar-refractivity contribution in [3.05, 3.63) is 59.9 Å². The molecule has 1 aliphatic heterocycles. The summed E-state index contributed by atoms with van der Waals surface area (Å²) in [6.07, 6.45) is 2.52. The highest BCUT2D eigenvalue weighted by Gasteiger charge is 2.27. The van der Waals surface area contributed by atoms with Gasteiger partial charge in [0, 0.05) is 49.4 Å². The van der Waals surface area contributed by atoms with Crippen molar-refractivity contribution < 1.29 is 4.79 Å². The molecule has 0 unspecified atom stereocenters. The molecular formula is C19H19N5O. The quantitative estimate of drug-likeness (QED) is 0.731. The standard InChI is InChI=1S/C19H19N5O/c1-13(25)23-11-9-17-16(12-23)19(14-5-7-15(20)8-6-14)22-24(17)18-4-2-3-10-21-18/h2-8,10H,9,11-12,20H2,1H3. The summed E-state index contributed by atoms with van der Waals surface area (Å²) in [6.45, 7) is 2.87. The van der Waals surface area contributed by atoms with Gasteiger partial charge in [0.15, 0.2) is 5.82 Å². The Labute approximate surface area is 145 Å². The number of rotatable bonds is 2. The van der Waals surface area contributed by atoms with E-state index in [-0.39, 0.29) is 5.91 Å². The summed E-state index contributed by atoms with van der Waals surface area (Å²) in [5, 5.41) is 4.83. The second-order valence-electron chi connectivity index (χ2n) is 6.19. The number of aromatic nitrogens is 3. The fourth-order valence-corrected chi connectivity index (χ4v) is 3.23. The summed E-state index contributed by atoms with van der Waals surface area (Å²) in [5.74, 6) is 0.871. The van der Waals surface area contributed by atoms with Crippen LogP contribution in [0.25, 0.3) is 17.1 Å². The van der Waals surface area contributed by atoms with Crippen molar-refractivity contribution in [2.24, 2.45) is 0 Å². The van der Waals surface area contributed by atoms with Crippen LogP contribution in [0.3, 0.4) is 0 Å². The molecular weight excluding hydrogens is 314 g/mol. The molecule has 2 N–H and O–H groups in total. The van der Waals surface area contributed by atoms with Gasteiger partial charge in [0.05, 0.1) is 11.4 Å². The first-order valence-corrected chi connectivity index (χ1v) is 8.27. The van der Waals surface area contributed by atoms with E-state index in [4.69, 9.17) is 10.8 Å². The van der Waals surface area contributed by atoms with E-state index >= 15 is 0 Å². The Kier molecular flexibility index (Phi) is 3.72. The van der Waals surface area contributed by atoms with E-state index in [1.807, 2.05) is 52.0 Å². The number of hydrogen-bond acceptors (Lipinski definition) is 4. The zero-order chi connectivity index (χ0) is 17.4. The van der Waals surface area contributed by atoms with Crippen molar-refractivity contribution in [3.63, 3.8) is 0 Å². The van der Waals surface area contributed by atoms with E-state index in [9.17, 15) is 4.79 Å². The molecule has 0 bridgehead atoms. The molecule has 1 aliphatic rings. The van der Waals surface area contributed by atoms with E-state index < -0.39 is 0 Å². The minimum Gasteiger partial charge on any atom is -0.399 e. The number of nitrogens with zero attached hydrogens (tertiary/aromatic N) is 4. The van der Waals surface area contributed by atoms with Gasteiger partial charge in [-0.2, -0.15) is 5.10 Å². The number of fused-ring (bicyclic) bond motifs is 1. The summed E-state index contributed by atoms with van der Waals surface area (Å²) < 4.78 is 1.90. The summed E-state index contributed by atoms with van der Waals surface area (Å²) in [6, 6.07) is 13.4. The fourth-order valence-electron chi connectivity index (χ4n) is 3.23. The molecule has 25 heavy (non-hydrogen) atoms. The van der Waals surface area contributed by atoms with Gasteiger partial charge in [-0.15, -0.1) is 0 Å². The molecule has 0 saturated carbocycles. The SMILES string of the molecule is CC(=O)N1CCc2c(c(-c3ccc(N)cc3)nn2-c2ccccn2)C1. The number of nitrogen functional groups attached to an aromatic ring is 1. The third-order valence-electron chi connectivity index (χ3n) is 4.55. The molecule has 4 rings (SSSR count). The zero-order valence-corrected chi connectivity index (χ0v) is 14.0. The number of pyridine rings is 1. The average Bonchev–Trinajstić information content (AvgIpc) is 3.02. The minimum absolute atomic E-state index is 0.0829. The Balaban J connectivity index is 1.87. The van der Waals surface area contributed by atoms with Crippen LogP contribution in [0.4, 0.5) is 5.69 Å². The van der Waals surface area contributed by atoms with Crippen molar-refractivity contribution in [1.29, 1.82) is 0 Å². The molecule has 1 amide bonds. The van der Waals surface area contributed by atoms with Gasteiger partial charge in [-0.05, 0) is 24.3 Å². The van der Waals surface area contributed by atoms with E-state index in [1.54, 1.807) is 13.1 Å². The molecule has 126 valence electrons. The van der Waals surface area contributed by atoms with Crippen LogP contribution in [0, 0.1) is 0 Å². The average molecular weight is 333 g/mol. The number of carbonyl (C=O) groups is 1. The van der Waals surface area contributed by atoms with Crippen LogP contribution < -0.4 is 5.73 Å². The van der Waals surface area contributed by atoms with Crippen LogP contribution in [0.2, 0.25) is 0 Å². The first-order chi connectivity index (χ1) is 12.1. The monoisotopic (exact) mass is 333 g/mol. The zero-order valence-electron chi connectivity index (χ0n) is 14.0. The Hall–Kier alpha value is -3.15. The Morgan fingerprint density at radius 2 is 1.96 bits per heavy atom. The molecule has 6 heteroatoms. The van der Waals surface area contributed by atoms with Crippen molar-refractivity contribution in [1.82, 2.24) is 19.7 Å². The lowest BCUT2D eigenvalue weighted by molar-refractivity contribution is -0.129. The van der Waals surface area contributed by atoms with Gasteiger partial charge in [0.2, 0.25) is 5.91 Å². The number of amides is 1. The molecule has 0 saturated heterocycles. The fraction of sp³-hybridized carbons (Fsp3) is 0.211. The van der Waals surface area contributed by atoms with Crippen LogP contribution in [-0.2, 0) is 17.8 Å². The molecule has 0 fully saturated rings. The molecule has 1 aromatic carbocycles. The third kappa shape index (κ3) is 2.76. The highest BCUT2D eigenvalue weighted by atomic mass is 16.2. The first kappa shape index (κ1) is 15.4. The number of nitrogens with two attached hydrogens (primary N) is 1. The highest BCUT2D eigenvalue weighted by Crippen LogP contribution is 2.31. The lowest BCUT2D eigenvalue weighted by Gasteiger charge is -2.26. The number of hydrogen-bond donors (Lipinski definition) is 1. The van der Waals surface area contributed by atoms with Gasteiger partial charge in [0.25, 0.3) is 0 Å². The Morgan fingerprint density at radius 1 is 1.16 bits per heavy atom. The largest absolute Gasteiger partial charge is 0.399 e. The van der Waals surface area contributed by atoms with Crippen LogP contribution in [-0.4, -0.2) is 32.1 Å². The molecule has 0 aliphatic carbocycles. The Morgan fingerprint density at radius 3 is 2.64 bits per heavy atom. The molecule has 0 radical (unpaired) electrons. The third-order valence-corrected chi connectivity index (χ3v) is 4.55. The van der Waals surface area contributed by atoms with Crippen LogP contribution in [0.5, 0.6) is 0 Å². The van der Waals surface area contributed by atoms with Crippen LogP contribution in [0.15, 0.2) is 48.7 Å². The van der Waals surface area contributed by atoms with E-state index in [1.165, 1.54) is 0 Å². The second-order valence-corrected chi connectivity index (χ2v) is 6.19. The van der Waals surface area contributed by atoms with Gasteiger partial charge >= 0.3 is 0 Å². The maximum atomic E-state index is 11.8. The topological polar surface area (TPSA) is 77.0 Å². The summed E-state index contributed by atoms with van der Waals surface area (Å²) in [4.78, 5) is 18.1. The van der Waals surface area contributed by atoms with Gasteiger partial charge in [-0.3, -0.25) is 4.79 Å². The van der Waals surface area contributed by atoms with Crippen molar-refractivity contribution in [2.45, 2.75) is 19.9 Å². The van der Waals surface area contributed by atoms with Gasteiger partial charge < -0.3 is 10.6 Å². The predicted octanol–water partition coefficient (Wildman–Crippen LogP) is 2.42. The Bertz CT molecular complexity index is 915. The summed E-state index contributed by atoms with van der Waals surface area (Å²) >= 11 is 0.